The molecule has 2 aromatic heterocycles. The first-order valence-electron chi connectivity index (χ1n) is 8.65. The summed E-state index contributed by atoms with van der Waals surface area (Å²) >= 11 is -1.06. The first kappa shape index (κ1) is 18.6. The fraction of sp³-hybridized carbons (Fsp3) is 0.389. The van der Waals surface area contributed by atoms with Gasteiger partial charge in [-0.3, -0.25) is 9.88 Å². The molecule has 1 aliphatic heterocycles. The zero-order valence-corrected chi connectivity index (χ0v) is 15.8. The number of carbonyl (C=O) groups is 1. The number of pyridine rings is 2. The third-order valence-corrected chi connectivity index (χ3v) is 5.60. The second kappa shape index (κ2) is 8.03. The van der Waals surface area contributed by atoms with E-state index in [2.05, 4.69) is 14.7 Å². The normalized spacial score (nSPS) is 16.0. The van der Waals surface area contributed by atoms with Crippen LogP contribution < -0.4 is 15.4 Å². The van der Waals surface area contributed by atoms with Crippen LogP contribution in [0.3, 0.4) is 0 Å². The van der Waals surface area contributed by atoms with Gasteiger partial charge in [-0.2, -0.15) is 0 Å². The van der Waals surface area contributed by atoms with Gasteiger partial charge in [-0.1, -0.05) is 0 Å². The van der Waals surface area contributed by atoms with Crippen LogP contribution in [0.2, 0.25) is 0 Å². The SMILES string of the molecule is CC[S+]([O-])NC(C)c1cncc(-c2cnc3c(c2)CCCN3C(N)=O)c1. The highest BCUT2D eigenvalue weighted by molar-refractivity contribution is 7.89. The van der Waals surface area contributed by atoms with E-state index >= 15 is 0 Å². The van der Waals surface area contributed by atoms with Crippen LogP contribution in [0.4, 0.5) is 10.6 Å². The Kier molecular flexibility index (Phi) is 5.75. The first-order valence-corrected chi connectivity index (χ1v) is 9.97. The molecule has 3 heterocycles. The van der Waals surface area contributed by atoms with Gasteiger partial charge in [0.05, 0.1) is 6.04 Å². The number of carbonyl (C=O) groups excluding carboxylic acids is 1. The number of rotatable bonds is 5. The van der Waals surface area contributed by atoms with Crippen molar-refractivity contribution in [2.24, 2.45) is 5.73 Å². The number of hydrogen-bond acceptors (Lipinski definition) is 5. The Hall–Kier alpha value is -2.16. The quantitative estimate of drug-likeness (QED) is 0.782. The number of anilines is 1. The molecule has 0 bridgehead atoms. The second-order valence-corrected chi connectivity index (χ2v) is 7.78. The smallest absolute Gasteiger partial charge is 0.320 e. The van der Waals surface area contributed by atoms with Crippen molar-refractivity contribution in [3.63, 3.8) is 0 Å². The van der Waals surface area contributed by atoms with Crippen molar-refractivity contribution in [1.82, 2.24) is 14.7 Å². The van der Waals surface area contributed by atoms with Crippen LogP contribution in [0.1, 0.15) is 37.4 Å². The number of primary amides is 1. The molecule has 2 amide bonds. The molecule has 7 nitrogen and oxygen atoms in total. The average Bonchev–Trinajstić information content (AvgIpc) is 2.66. The van der Waals surface area contributed by atoms with Crippen LogP contribution in [-0.2, 0) is 17.8 Å². The van der Waals surface area contributed by atoms with E-state index in [4.69, 9.17) is 5.73 Å². The van der Waals surface area contributed by atoms with E-state index in [9.17, 15) is 9.35 Å². The van der Waals surface area contributed by atoms with Gasteiger partial charge in [-0.25, -0.2) is 9.78 Å². The van der Waals surface area contributed by atoms with Gasteiger partial charge in [0.2, 0.25) is 0 Å². The Labute approximate surface area is 156 Å². The average molecular weight is 373 g/mol. The fourth-order valence-electron chi connectivity index (χ4n) is 3.04. The summed E-state index contributed by atoms with van der Waals surface area (Å²) in [5, 5.41) is 0. The highest BCUT2D eigenvalue weighted by Gasteiger charge is 2.22. The largest absolute Gasteiger partial charge is 0.598 e. The molecule has 8 heteroatoms. The summed E-state index contributed by atoms with van der Waals surface area (Å²) in [6.45, 7) is 4.44. The molecule has 1 aliphatic rings. The highest BCUT2D eigenvalue weighted by atomic mass is 32.2. The molecule has 0 aromatic carbocycles. The molecule has 2 unspecified atom stereocenters. The topological polar surface area (TPSA) is 107 Å². The maximum Gasteiger partial charge on any atom is 0.320 e. The minimum Gasteiger partial charge on any atom is -0.598 e. The summed E-state index contributed by atoms with van der Waals surface area (Å²) in [5.41, 5.74) is 9.28. The maximum absolute atomic E-state index is 11.7. The molecule has 2 atom stereocenters. The van der Waals surface area contributed by atoms with E-state index in [1.54, 1.807) is 18.6 Å². The van der Waals surface area contributed by atoms with E-state index in [0.717, 1.165) is 35.1 Å². The summed E-state index contributed by atoms with van der Waals surface area (Å²) in [4.78, 5) is 21.9. The lowest BCUT2D eigenvalue weighted by atomic mass is 10.00. The first-order chi connectivity index (χ1) is 12.5. The third-order valence-electron chi connectivity index (χ3n) is 4.46. The van der Waals surface area contributed by atoms with Gasteiger partial charge >= 0.3 is 6.03 Å². The summed E-state index contributed by atoms with van der Waals surface area (Å²) in [5.74, 6) is 1.20. The lowest BCUT2D eigenvalue weighted by molar-refractivity contribution is 0.253. The number of urea groups is 1. The molecule has 0 radical (unpaired) electrons. The number of nitrogens with zero attached hydrogens (tertiary/aromatic N) is 3. The van der Waals surface area contributed by atoms with Gasteiger partial charge in [0, 0.05) is 47.6 Å². The molecule has 3 rings (SSSR count). The van der Waals surface area contributed by atoms with E-state index in [1.165, 1.54) is 4.90 Å². The van der Waals surface area contributed by atoms with Crippen LogP contribution >= 0.6 is 0 Å². The molecular formula is C18H23N5O2S. The minimum absolute atomic E-state index is 0.0702. The molecule has 0 saturated heterocycles. The molecule has 26 heavy (non-hydrogen) atoms. The van der Waals surface area contributed by atoms with Crippen molar-refractivity contribution in [3.8, 4) is 11.1 Å². The molecule has 3 N–H and O–H groups in total. The number of nitrogens with one attached hydrogen (secondary N) is 1. The van der Waals surface area contributed by atoms with Gasteiger partial charge in [0.1, 0.15) is 11.6 Å². The number of fused-ring (bicyclic) bond motifs is 1. The van der Waals surface area contributed by atoms with E-state index < -0.39 is 17.4 Å². The summed E-state index contributed by atoms with van der Waals surface area (Å²) in [6, 6.07) is 3.52. The lowest BCUT2D eigenvalue weighted by Gasteiger charge is -2.27. The van der Waals surface area contributed by atoms with E-state index in [-0.39, 0.29) is 6.04 Å². The number of amides is 2. The van der Waals surface area contributed by atoms with Crippen molar-refractivity contribution >= 4 is 23.2 Å². The van der Waals surface area contributed by atoms with Crippen molar-refractivity contribution in [2.45, 2.75) is 32.7 Å². The van der Waals surface area contributed by atoms with Crippen LogP contribution in [-0.4, -0.2) is 32.8 Å². The number of nitrogens with two attached hydrogens (primary N) is 1. The molecule has 2 aromatic rings. The van der Waals surface area contributed by atoms with Crippen LogP contribution in [0.25, 0.3) is 11.1 Å². The number of aryl methyl sites for hydroxylation is 1. The molecule has 0 saturated carbocycles. The Bertz CT molecular complexity index is 801. The standard InChI is InChI=1S/C18H23N5O2S/c1-3-26(25)22-12(2)14-8-15(10-20-9-14)16-7-13-5-4-6-23(18(19)24)17(13)21-11-16/h7-12,22H,3-6H2,1-2H3,(H2,19,24). The van der Waals surface area contributed by atoms with Gasteiger partial charge in [0.15, 0.2) is 0 Å². The van der Waals surface area contributed by atoms with Crippen LogP contribution in [0, 0.1) is 0 Å². The molecule has 0 spiro atoms. The summed E-state index contributed by atoms with van der Waals surface area (Å²) in [7, 11) is 0. The second-order valence-electron chi connectivity index (χ2n) is 6.28. The zero-order chi connectivity index (χ0) is 18.7. The Morgan fingerprint density at radius 3 is 2.88 bits per heavy atom. The van der Waals surface area contributed by atoms with Gasteiger partial charge in [-0.15, -0.1) is 4.72 Å². The Morgan fingerprint density at radius 2 is 2.15 bits per heavy atom. The van der Waals surface area contributed by atoms with Gasteiger partial charge in [0.25, 0.3) is 0 Å². The van der Waals surface area contributed by atoms with E-state index in [0.29, 0.717) is 18.1 Å². The predicted octanol–water partition coefficient (Wildman–Crippen LogP) is 2.31. The Morgan fingerprint density at radius 1 is 1.38 bits per heavy atom. The van der Waals surface area contributed by atoms with Crippen LogP contribution in [0.15, 0.2) is 30.7 Å². The maximum atomic E-state index is 11.7. The fourth-order valence-corrected chi connectivity index (χ4v) is 3.73. The Balaban J connectivity index is 1.88. The minimum atomic E-state index is -1.06. The lowest BCUT2D eigenvalue weighted by Crippen LogP contribution is -2.40. The molecule has 0 aliphatic carbocycles. The molecule has 0 fully saturated rings. The third kappa shape index (κ3) is 3.98. The van der Waals surface area contributed by atoms with Crippen molar-refractivity contribution < 1.29 is 9.35 Å². The molecule has 138 valence electrons. The predicted molar refractivity (Wildman–Crippen MR) is 103 cm³/mol. The number of hydrogen-bond donors (Lipinski definition) is 2. The summed E-state index contributed by atoms with van der Waals surface area (Å²) < 4.78 is 14.8. The highest BCUT2D eigenvalue weighted by Crippen LogP contribution is 2.30. The van der Waals surface area contributed by atoms with Gasteiger partial charge in [-0.05, 0) is 49.9 Å². The van der Waals surface area contributed by atoms with Gasteiger partial charge < -0.3 is 10.3 Å². The number of aromatic nitrogens is 2. The van der Waals surface area contributed by atoms with Crippen molar-refractivity contribution in [2.75, 3.05) is 17.2 Å². The van der Waals surface area contributed by atoms with E-state index in [1.807, 2.05) is 26.0 Å². The monoisotopic (exact) mass is 373 g/mol. The van der Waals surface area contributed by atoms with Crippen LogP contribution in [0.5, 0.6) is 0 Å². The summed E-state index contributed by atoms with van der Waals surface area (Å²) in [6.07, 6.45) is 7.02. The zero-order valence-electron chi connectivity index (χ0n) is 14.9. The van der Waals surface area contributed by atoms with Crippen molar-refractivity contribution in [1.29, 1.82) is 0 Å². The van der Waals surface area contributed by atoms with Crippen molar-refractivity contribution in [3.05, 3.63) is 41.9 Å². The molecular weight excluding hydrogens is 350 g/mol.